The molecule has 1 saturated carbocycles. The Morgan fingerprint density at radius 2 is 1.70 bits per heavy atom. The summed E-state index contributed by atoms with van der Waals surface area (Å²) in [5, 5.41) is 3.64. The van der Waals surface area contributed by atoms with Gasteiger partial charge >= 0.3 is 0 Å². The average Bonchev–Trinajstić information content (AvgIpc) is 2.49. The summed E-state index contributed by atoms with van der Waals surface area (Å²) in [7, 11) is 0. The van der Waals surface area contributed by atoms with Crippen LogP contribution in [0, 0.1) is 0 Å². The fourth-order valence-electron chi connectivity index (χ4n) is 3.51. The summed E-state index contributed by atoms with van der Waals surface area (Å²) in [4.78, 5) is 2.50. The van der Waals surface area contributed by atoms with Crippen LogP contribution in [0.15, 0.2) is 24.3 Å². The van der Waals surface area contributed by atoms with E-state index in [1.807, 2.05) is 0 Å². The number of rotatable bonds is 3. The normalized spacial score (nSPS) is 27.4. The number of nitrogens with zero attached hydrogens (tertiary/aromatic N) is 1. The molecule has 3 nitrogen and oxygen atoms in total. The second kappa shape index (κ2) is 6.49. The van der Waals surface area contributed by atoms with Crippen LogP contribution in [0.3, 0.4) is 0 Å². The van der Waals surface area contributed by atoms with E-state index >= 15 is 0 Å². The van der Waals surface area contributed by atoms with Crippen LogP contribution in [0.2, 0.25) is 0 Å². The fraction of sp³-hybridized carbons (Fsp3) is 0.647. The maximum absolute atomic E-state index is 6.05. The Hall–Kier alpha value is -1.22. The molecule has 3 N–H and O–H groups in total. The summed E-state index contributed by atoms with van der Waals surface area (Å²) in [6.07, 6.45) is 8.85. The summed E-state index contributed by atoms with van der Waals surface area (Å²) in [5.74, 6) is 0. The van der Waals surface area contributed by atoms with Crippen LogP contribution in [-0.4, -0.2) is 25.2 Å². The first-order chi connectivity index (χ1) is 9.81. The highest BCUT2D eigenvalue weighted by atomic mass is 15.1. The molecule has 2 fully saturated rings. The smallest absolute Gasteiger partial charge is 0.0367 e. The lowest BCUT2D eigenvalue weighted by Crippen LogP contribution is -2.34. The van der Waals surface area contributed by atoms with Crippen molar-refractivity contribution in [3.63, 3.8) is 0 Å². The van der Waals surface area contributed by atoms with E-state index in [9.17, 15) is 0 Å². The second-order valence-electron chi connectivity index (χ2n) is 6.36. The lowest BCUT2D eigenvalue weighted by Gasteiger charge is -2.30. The largest absolute Gasteiger partial charge is 0.382 e. The number of hydrogen-bond acceptors (Lipinski definition) is 3. The zero-order chi connectivity index (χ0) is 13.8. The Kier molecular flexibility index (Phi) is 4.46. The number of benzene rings is 1. The van der Waals surface area contributed by atoms with E-state index in [1.165, 1.54) is 63.0 Å². The summed E-state index contributed by atoms with van der Waals surface area (Å²) >= 11 is 0. The number of hydrogen-bond donors (Lipinski definition) is 2. The van der Waals surface area contributed by atoms with Gasteiger partial charge in [-0.25, -0.2) is 0 Å². The van der Waals surface area contributed by atoms with Crippen molar-refractivity contribution in [2.75, 3.05) is 23.3 Å². The van der Waals surface area contributed by atoms with Gasteiger partial charge in [-0.1, -0.05) is 0 Å². The van der Waals surface area contributed by atoms with Gasteiger partial charge in [0, 0.05) is 36.5 Å². The molecule has 20 heavy (non-hydrogen) atoms. The molecule has 3 rings (SSSR count). The van der Waals surface area contributed by atoms with E-state index in [2.05, 4.69) is 34.5 Å². The molecule has 0 spiro atoms. The first kappa shape index (κ1) is 13.7. The zero-order valence-corrected chi connectivity index (χ0v) is 12.4. The molecule has 3 heteroatoms. The highest BCUT2D eigenvalue weighted by Crippen LogP contribution is 2.24. The van der Waals surface area contributed by atoms with Crippen molar-refractivity contribution in [2.24, 2.45) is 5.73 Å². The molecule has 0 bridgehead atoms. The molecule has 1 aliphatic heterocycles. The molecule has 1 aromatic rings. The van der Waals surface area contributed by atoms with E-state index in [4.69, 9.17) is 5.73 Å². The maximum atomic E-state index is 6.05. The van der Waals surface area contributed by atoms with Gasteiger partial charge in [0.2, 0.25) is 0 Å². The highest BCUT2D eigenvalue weighted by Gasteiger charge is 2.19. The summed E-state index contributed by atoms with van der Waals surface area (Å²) in [6.45, 7) is 2.43. The second-order valence-corrected chi connectivity index (χ2v) is 6.36. The topological polar surface area (TPSA) is 41.3 Å². The molecule has 2 unspecified atom stereocenters. The predicted octanol–water partition coefficient (Wildman–Crippen LogP) is 3.36. The van der Waals surface area contributed by atoms with E-state index in [0.717, 1.165) is 6.42 Å². The van der Waals surface area contributed by atoms with Crippen molar-refractivity contribution in [2.45, 2.75) is 57.0 Å². The van der Waals surface area contributed by atoms with E-state index in [0.29, 0.717) is 12.1 Å². The Morgan fingerprint density at radius 1 is 0.950 bits per heavy atom. The molecule has 1 heterocycles. The number of anilines is 2. The molecule has 1 aliphatic carbocycles. The molecule has 2 atom stereocenters. The monoisotopic (exact) mass is 273 g/mol. The lowest BCUT2D eigenvalue weighted by atomic mass is 9.91. The van der Waals surface area contributed by atoms with Gasteiger partial charge in [0.15, 0.2) is 0 Å². The molecular weight excluding hydrogens is 246 g/mol. The van der Waals surface area contributed by atoms with Crippen molar-refractivity contribution in [1.29, 1.82) is 0 Å². The fourth-order valence-corrected chi connectivity index (χ4v) is 3.51. The van der Waals surface area contributed by atoms with Crippen molar-refractivity contribution < 1.29 is 0 Å². The van der Waals surface area contributed by atoms with Crippen LogP contribution in [0.25, 0.3) is 0 Å². The summed E-state index contributed by atoms with van der Waals surface area (Å²) in [5.41, 5.74) is 8.67. The molecule has 0 aromatic heterocycles. The number of piperidine rings is 1. The van der Waals surface area contributed by atoms with Gasteiger partial charge in [0.25, 0.3) is 0 Å². The molecule has 0 amide bonds. The minimum atomic E-state index is 0.383. The van der Waals surface area contributed by atoms with Crippen molar-refractivity contribution in [3.8, 4) is 0 Å². The third kappa shape index (κ3) is 3.45. The molecular formula is C17H27N3. The molecule has 1 saturated heterocycles. The van der Waals surface area contributed by atoms with Crippen molar-refractivity contribution >= 4 is 11.4 Å². The minimum Gasteiger partial charge on any atom is -0.382 e. The minimum absolute atomic E-state index is 0.383. The third-order valence-corrected chi connectivity index (χ3v) is 4.67. The number of nitrogens with two attached hydrogens (primary N) is 1. The van der Waals surface area contributed by atoms with Gasteiger partial charge in [-0.15, -0.1) is 0 Å². The van der Waals surface area contributed by atoms with Crippen LogP contribution >= 0.6 is 0 Å². The quantitative estimate of drug-likeness (QED) is 0.887. The van der Waals surface area contributed by atoms with Crippen LogP contribution in [0.5, 0.6) is 0 Å². The Labute approximate surface area is 122 Å². The molecule has 110 valence electrons. The summed E-state index contributed by atoms with van der Waals surface area (Å²) < 4.78 is 0. The summed E-state index contributed by atoms with van der Waals surface area (Å²) in [6, 6.07) is 9.91. The zero-order valence-electron chi connectivity index (χ0n) is 12.4. The average molecular weight is 273 g/mol. The SMILES string of the molecule is NC1CCCC(Nc2ccc(N3CCCCC3)cc2)C1. The number of nitrogens with one attached hydrogen (secondary N) is 1. The van der Waals surface area contributed by atoms with Gasteiger partial charge in [0.05, 0.1) is 0 Å². The van der Waals surface area contributed by atoms with Gasteiger partial charge in [0.1, 0.15) is 0 Å². The van der Waals surface area contributed by atoms with Gasteiger partial charge < -0.3 is 16.0 Å². The van der Waals surface area contributed by atoms with Gasteiger partial charge in [-0.3, -0.25) is 0 Å². The standard InChI is InChI=1S/C17H27N3/c18-14-5-4-6-16(13-14)19-15-7-9-17(10-8-15)20-11-2-1-3-12-20/h7-10,14,16,19H,1-6,11-13,18H2. The maximum Gasteiger partial charge on any atom is 0.0367 e. The predicted molar refractivity (Wildman–Crippen MR) is 86.4 cm³/mol. The lowest BCUT2D eigenvalue weighted by molar-refractivity contribution is 0.409. The Morgan fingerprint density at radius 3 is 2.40 bits per heavy atom. The van der Waals surface area contributed by atoms with Crippen LogP contribution in [0.1, 0.15) is 44.9 Å². The van der Waals surface area contributed by atoms with Crippen molar-refractivity contribution in [3.05, 3.63) is 24.3 Å². The highest BCUT2D eigenvalue weighted by molar-refractivity contribution is 5.55. The van der Waals surface area contributed by atoms with E-state index in [1.54, 1.807) is 0 Å². The van der Waals surface area contributed by atoms with E-state index < -0.39 is 0 Å². The van der Waals surface area contributed by atoms with Crippen molar-refractivity contribution in [1.82, 2.24) is 0 Å². The first-order valence-electron chi connectivity index (χ1n) is 8.18. The van der Waals surface area contributed by atoms with Gasteiger partial charge in [-0.05, 0) is 69.2 Å². The van der Waals surface area contributed by atoms with Crippen LogP contribution in [-0.2, 0) is 0 Å². The molecule has 2 aliphatic rings. The molecule has 0 radical (unpaired) electrons. The van der Waals surface area contributed by atoms with Gasteiger partial charge in [-0.2, -0.15) is 0 Å². The van der Waals surface area contributed by atoms with Crippen LogP contribution < -0.4 is 16.0 Å². The van der Waals surface area contributed by atoms with E-state index in [-0.39, 0.29) is 0 Å². The van der Waals surface area contributed by atoms with Crippen LogP contribution in [0.4, 0.5) is 11.4 Å². The Balaban J connectivity index is 1.58. The Bertz CT molecular complexity index is 409. The molecule has 1 aromatic carbocycles. The first-order valence-corrected chi connectivity index (χ1v) is 8.18. The third-order valence-electron chi connectivity index (χ3n) is 4.67.